The van der Waals surface area contributed by atoms with Crippen LogP contribution >= 0.6 is 12.6 Å². The summed E-state index contributed by atoms with van der Waals surface area (Å²) >= 11 is 4.25. The number of hydrogen-bond donors (Lipinski definition) is 3. The molecule has 0 saturated heterocycles. The molecule has 1 aliphatic rings. The standard InChI is InChI=1S/C12H24N2OS/c1-3-5-6-7-9(4-2)14-11(15)12(13)8-10(12)16/h9-10,16H,3-8,13H2,1-2H3,(H,14,15)/t9?,10?,12-/m1/s1. The van der Waals surface area contributed by atoms with Crippen molar-refractivity contribution in [2.24, 2.45) is 5.73 Å². The molecule has 0 aromatic heterocycles. The van der Waals surface area contributed by atoms with Gasteiger partial charge in [0.25, 0.3) is 0 Å². The number of thiol groups is 1. The molecule has 0 heterocycles. The molecule has 0 aromatic carbocycles. The Balaban J connectivity index is 2.30. The van der Waals surface area contributed by atoms with E-state index >= 15 is 0 Å². The average Bonchev–Trinajstić information content (AvgIpc) is 2.87. The molecule has 0 aromatic rings. The molecule has 3 atom stereocenters. The summed E-state index contributed by atoms with van der Waals surface area (Å²) in [7, 11) is 0. The van der Waals surface area contributed by atoms with Crippen LogP contribution < -0.4 is 11.1 Å². The fourth-order valence-electron chi connectivity index (χ4n) is 1.84. The van der Waals surface area contributed by atoms with Gasteiger partial charge in [0, 0.05) is 11.3 Å². The van der Waals surface area contributed by atoms with Crippen molar-refractivity contribution in [2.75, 3.05) is 0 Å². The molecule has 1 fully saturated rings. The summed E-state index contributed by atoms with van der Waals surface area (Å²) in [5.74, 6) is -0.0177. The van der Waals surface area contributed by atoms with Crippen molar-refractivity contribution in [3.8, 4) is 0 Å². The first kappa shape index (κ1) is 13.8. The molecular formula is C12H24N2OS. The van der Waals surface area contributed by atoms with E-state index in [9.17, 15) is 4.79 Å². The fraction of sp³-hybridized carbons (Fsp3) is 0.917. The molecule has 1 rings (SSSR count). The molecule has 0 bridgehead atoms. The van der Waals surface area contributed by atoms with Gasteiger partial charge in [0.05, 0.1) is 0 Å². The van der Waals surface area contributed by atoms with Crippen LogP contribution in [0, 0.1) is 0 Å². The number of unbranched alkanes of at least 4 members (excludes halogenated alkanes) is 2. The normalized spacial score (nSPS) is 29.9. The molecule has 94 valence electrons. The number of amides is 1. The summed E-state index contributed by atoms with van der Waals surface area (Å²) in [5.41, 5.74) is 5.21. The molecule has 0 radical (unpaired) electrons. The van der Waals surface area contributed by atoms with E-state index in [1.807, 2.05) is 0 Å². The van der Waals surface area contributed by atoms with Crippen LogP contribution in [0.25, 0.3) is 0 Å². The van der Waals surface area contributed by atoms with Crippen LogP contribution in [0.2, 0.25) is 0 Å². The molecule has 1 saturated carbocycles. The molecule has 0 spiro atoms. The number of nitrogens with one attached hydrogen (secondary N) is 1. The highest BCUT2D eigenvalue weighted by molar-refractivity contribution is 7.81. The van der Waals surface area contributed by atoms with E-state index in [0.29, 0.717) is 6.42 Å². The van der Waals surface area contributed by atoms with Crippen LogP contribution in [-0.2, 0) is 4.79 Å². The van der Waals surface area contributed by atoms with Crippen molar-refractivity contribution in [1.29, 1.82) is 0 Å². The number of hydrogen-bond acceptors (Lipinski definition) is 3. The fourth-order valence-corrected chi connectivity index (χ4v) is 2.26. The molecule has 0 aliphatic heterocycles. The van der Waals surface area contributed by atoms with Crippen molar-refractivity contribution >= 4 is 18.5 Å². The summed E-state index contributed by atoms with van der Waals surface area (Å²) in [6.07, 6.45) is 6.36. The lowest BCUT2D eigenvalue weighted by Gasteiger charge is -2.19. The van der Waals surface area contributed by atoms with Gasteiger partial charge in [-0.25, -0.2) is 0 Å². The second-order valence-corrected chi connectivity index (χ2v) is 5.46. The molecule has 2 unspecified atom stereocenters. The van der Waals surface area contributed by atoms with Crippen molar-refractivity contribution in [3.63, 3.8) is 0 Å². The van der Waals surface area contributed by atoms with Gasteiger partial charge in [-0.1, -0.05) is 33.1 Å². The lowest BCUT2D eigenvalue weighted by Crippen LogP contribution is -2.48. The van der Waals surface area contributed by atoms with Crippen molar-refractivity contribution in [1.82, 2.24) is 5.32 Å². The van der Waals surface area contributed by atoms with Gasteiger partial charge in [0.1, 0.15) is 5.54 Å². The minimum atomic E-state index is -0.693. The van der Waals surface area contributed by atoms with Gasteiger partial charge in [-0.2, -0.15) is 12.6 Å². The maximum Gasteiger partial charge on any atom is 0.241 e. The third-order valence-electron chi connectivity index (χ3n) is 3.37. The number of nitrogens with two attached hydrogens (primary N) is 1. The Bertz CT molecular complexity index is 247. The van der Waals surface area contributed by atoms with Crippen LogP contribution in [0.5, 0.6) is 0 Å². The number of carbonyl (C=O) groups is 1. The predicted molar refractivity (Wildman–Crippen MR) is 70.7 cm³/mol. The zero-order valence-electron chi connectivity index (χ0n) is 10.3. The van der Waals surface area contributed by atoms with Gasteiger partial charge < -0.3 is 11.1 Å². The van der Waals surface area contributed by atoms with Gasteiger partial charge >= 0.3 is 0 Å². The minimum absolute atomic E-state index is 0.0177. The minimum Gasteiger partial charge on any atom is -0.352 e. The summed E-state index contributed by atoms with van der Waals surface area (Å²) in [6.45, 7) is 4.29. The lowest BCUT2D eigenvalue weighted by atomic mass is 10.1. The molecule has 3 nitrogen and oxygen atoms in total. The molecule has 4 heteroatoms. The SMILES string of the molecule is CCCCCC(CC)NC(=O)[C@@]1(N)CC1S. The smallest absolute Gasteiger partial charge is 0.241 e. The van der Waals surface area contributed by atoms with Gasteiger partial charge in [-0.05, 0) is 19.3 Å². The van der Waals surface area contributed by atoms with E-state index in [1.54, 1.807) is 0 Å². The van der Waals surface area contributed by atoms with Crippen molar-refractivity contribution in [3.05, 3.63) is 0 Å². The first-order valence-corrected chi connectivity index (χ1v) is 6.84. The van der Waals surface area contributed by atoms with Crippen LogP contribution in [0.1, 0.15) is 52.4 Å². The Kier molecular flexibility index (Phi) is 5.12. The molecular weight excluding hydrogens is 220 g/mol. The van der Waals surface area contributed by atoms with E-state index in [0.717, 1.165) is 12.8 Å². The van der Waals surface area contributed by atoms with Crippen molar-refractivity contribution < 1.29 is 4.79 Å². The largest absolute Gasteiger partial charge is 0.352 e. The quantitative estimate of drug-likeness (QED) is 0.473. The second-order valence-electron chi connectivity index (χ2n) is 4.83. The number of carbonyl (C=O) groups excluding carboxylic acids is 1. The molecule has 16 heavy (non-hydrogen) atoms. The van der Waals surface area contributed by atoms with E-state index < -0.39 is 5.54 Å². The number of rotatable bonds is 7. The van der Waals surface area contributed by atoms with Crippen LogP contribution in [-0.4, -0.2) is 22.7 Å². The van der Waals surface area contributed by atoms with Crippen LogP contribution in [0.15, 0.2) is 0 Å². The molecule has 1 amide bonds. The summed E-state index contributed by atoms with van der Waals surface area (Å²) < 4.78 is 0. The predicted octanol–water partition coefficient (Wildman–Crippen LogP) is 1.86. The van der Waals surface area contributed by atoms with Crippen molar-refractivity contribution in [2.45, 2.75) is 69.2 Å². The topological polar surface area (TPSA) is 55.1 Å². The maximum absolute atomic E-state index is 11.9. The summed E-state index contributed by atoms with van der Waals surface area (Å²) in [6, 6.07) is 0.278. The van der Waals surface area contributed by atoms with Gasteiger partial charge in [0.15, 0.2) is 0 Å². The van der Waals surface area contributed by atoms with Gasteiger partial charge in [-0.3, -0.25) is 4.79 Å². The summed E-state index contributed by atoms with van der Waals surface area (Å²) in [4.78, 5) is 11.9. The monoisotopic (exact) mass is 244 g/mol. The highest BCUT2D eigenvalue weighted by Crippen LogP contribution is 2.38. The Morgan fingerprint density at radius 2 is 2.19 bits per heavy atom. The summed E-state index contributed by atoms with van der Waals surface area (Å²) in [5, 5.41) is 3.09. The van der Waals surface area contributed by atoms with Gasteiger partial charge in [-0.15, -0.1) is 0 Å². The Morgan fingerprint density at radius 1 is 1.56 bits per heavy atom. The Labute approximate surface area is 104 Å². The molecule has 3 N–H and O–H groups in total. The zero-order chi connectivity index (χ0) is 12.2. The lowest BCUT2D eigenvalue weighted by molar-refractivity contribution is -0.124. The Morgan fingerprint density at radius 3 is 2.62 bits per heavy atom. The van der Waals surface area contributed by atoms with E-state index in [2.05, 4.69) is 31.8 Å². The average molecular weight is 244 g/mol. The van der Waals surface area contributed by atoms with E-state index in [1.165, 1.54) is 19.3 Å². The van der Waals surface area contributed by atoms with E-state index in [-0.39, 0.29) is 17.2 Å². The zero-order valence-corrected chi connectivity index (χ0v) is 11.2. The second kappa shape index (κ2) is 5.92. The highest BCUT2D eigenvalue weighted by Gasteiger charge is 2.55. The third kappa shape index (κ3) is 3.39. The molecule has 1 aliphatic carbocycles. The van der Waals surface area contributed by atoms with E-state index in [4.69, 9.17) is 5.73 Å². The highest BCUT2D eigenvalue weighted by atomic mass is 32.1. The first-order chi connectivity index (χ1) is 7.54. The van der Waals surface area contributed by atoms with Gasteiger partial charge in [0.2, 0.25) is 5.91 Å². The van der Waals surface area contributed by atoms with Crippen LogP contribution in [0.3, 0.4) is 0 Å². The maximum atomic E-state index is 11.9. The van der Waals surface area contributed by atoms with Crippen LogP contribution in [0.4, 0.5) is 0 Å². The third-order valence-corrected chi connectivity index (χ3v) is 4.02. The Hall–Kier alpha value is -0.220. The first-order valence-electron chi connectivity index (χ1n) is 6.32.